The topological polar surface area (TPSA) is 0 Å². The predicted octanol–water partition coefficient (Wildman–Crippen LogP) is 4.41. The first-order valence-electron chi connectivity index (χ1n) is 9.31. The molecule has 0 aromatic heterocycles. The summed E-state index contributed by atoms with van der Waals surface area (Å²) in [4.78, 5) is 0. The maximum absolute atomic E-state index is 7.29. The lowest BCUT2D eigenvalue weighted by molar-refractivity contribution is 1.75. The van der Waals surface area contributed by atoms with Gasteiger partial charge in [0.25, 0.3) is 0 Å². The van der Waals surface area contributed by atoms with Crippen molar-refractivity contribution >= 4 is 50.3 Å². The number of benzene rings is 4. The fourth-order valence-corrected chi connectivity index (χ4v) is 9.78. The quantitative estimate of drug-likeness (QED) is 0.337. The predicted molar refractivity (Wildman–Crippen MR) is 130 cm³/mol. The van der Waals surface area contributed by atoms with Gasteiger partial charge in [-0.15, -0.1) is 0 Å². The van der Waals surface area contributed by atoms with E-state index in [1.54, 1.807) is 0 Å². The minimum atomic E-state index is -2.16. The molecule has 4 aromatic carbocycles. The minimum Gasteiger partial charge on any atom is -0.394 e. The Morgan fingerprint density at radius 1 is 0.500 bits per heavy atom. The molecule has 0 fully saturated rings. The SMILES string of the molecule is [B-][P+]([B-]P(c1ccccc1)c1ccccc1)(c1ccccc1)c1ccccc1. The Labute approximate surface area is 171 Å². The third-order valence-corrected chi connectivity index (χ3v) is 11.1. The Morgan fingerprint density at radius 3 is 1.18 bits per heavy atom. The monoisotopic (exact) mass is 392 g/mol. The van der Waals surface area contributed by atoms with Crippen LogP contribution >= 0.6 is 14.8 Å². The molecular weight excluding hydrogens is 372 g/mol. The van der Waals surface area contributed by atoms with Gasteiger partial charge in [-0.05, 0) is 24.3 Å². The zero-order chi connectivity index (χ0) is 19.2. The Bertz CT molecular complexity index is 915. The smallest absolute Gasteiger partial charge is 0.00128 e. The van der Waals surface area contributed by atoms with Gasteiger partial charge >= 0.3 is 0 Å². The molecule has 0 unspecified atom stereocenters. The van der Waals surface area contributed by atoms with E-state index < -0.39 is 14.8 Å². The van der Waals surface area contributed by atoms with Crippen molar-refractivity contribution in [3.8, 4) is 0 Å². The highest BCUT2D eigenvalue weighted by atomic mass is 31.2. The van der Waals surface area contributed by atoms with E-state index in [2.05, 4.69) is 128 Å². The van der Waals surface area contributed by atoms with Crippen molar-refractivity contribution < 1.29 is 0 Å². The van der Waals surface area contributed by atoms with Crippen LogP contribution in [0.15, 0.2) is 121 Å². The first-order valence-corrected chi connectivity index (χ1v) is 12.6. The van der Waals surface area contributed by atoms with Crippen molar-refractivity contribution in [3.05, 3.63) is 121 Å². The van der Waals surface area contributed by atoms with Crippen molar-refractivity contribution in [1.29, 1.82) is 0 Å². The van der Waals surface area contributed by atoms with Crippen LogP contribution in [-0.2, 0) is 0 Å². The highest BCUT2D eigenvalue weighted by Crippen LogP contribution is 2.57. The summed E-state index contributed by atoms with van der Waals surface area (Å²) in [7, 11) is 4.44. The summed E-state index contributed by atoms with van der Waals surface area (Å²) in [5.74, 6) is 0. The summed E-state index contributed by atoms with van der Waals surface area (Å²) in [6, 6.07) is 42.6. The molecule has 0 nitrogen and oxygen atoms in total. The second kappa shape index (κ2) is 8.91. The molecule has 0 N–H and O–H groups in total. The van der Waals surface area contributed by atoms with Gasteiger partial charge < -0.3 is 14.6 Å². The van der Waals surface area contributed by atoms with Gasteiger partial charge in [-0.2, -0.15) is 0 Å². The third-order valence-electron chi connectivity index (χ3n) is 4.73. The van der Waals surface area contributed by atoms with Crippen molar-refractivity contribution in [3.63, 3.8) is 0 Å². The van der Waals surface area contributed by atoms with Crippen LogP contribution in [0.2, 0.25) is 0 Å². The van der Waals surface area contributed by atoms with E-state index in [1.807, 2.05) is 0 Å². The van der Waals surface area contributed by atoms with E-state index in [0.29, 0.717) is 0 Å². The summed E-state index contributed by atoms with van der Waals surface area (Å²) < 4.78 is 0. The molecule has 4 heteroatoms. The highest BCUT2D eigenvalue weighted by Gasteiger charge is 2.18. The molecule has 5 radical (unpaired) electrons. The molecule has 4 rings (SSSR count). The molecule has 0 aliphatic rings. The molecule has 0 aliphatic carbocycles. The third kappa shape index (κ3) is 4.15. The Morgan fingerprint density at radius 2 is 0.821 bits per heavy atom. The first kappa shape index (κ1) is 19.2. The molecule has 0 atom stereocenters. The van der Waals surface area contributed by atoms with Gasteiger partial charge in [-0.3, -0.25) is 0 Å². The molecule has 0 spiro atoms. The van der Waals surface area contributed by atoms with Crippen LogP contribution in [0.3, 0.4) is 0 Å². The molecular formula is C24H20B2P2-. The van der Waals surface area contributed by atoms with Gasteiger partial charge in [0.05, 0.1) is 0 Å². The molecule has 0 aliphatic heterocycles. The Kier molecular flexibility index (Phi) is 6.11. The van der Waals surface area contributed by atoms with E-state index in [4.69, 9.17) is 7.57 Å². The van der Waals surface area contributed by atoms with Crippen LogP contribution in [0.25, 0.3) is 0 Å². The van der Waals surface area contributed by atoms with Crippen molar-refractivity contribution in [1.82, 2.24) is 0 Å². The lowest BCUT2D eigenvalue weighted by Gasteiger charge is -2.52. The number of rotatable bonds is 6. The lowest BCUT2D eigenvalue weighted by Crippen LogP contribution is -2.29. The van der Waals surface area contributed by atoms with E-state index in [9.17, 15) is 0 Å². The summed E-state index contributed by atoms with van der Waals surface area (Å²) in [5.41, 5.74) is 0. The van der Waals surface area contributed by atoms with E-state index in [0.717, 1.165) is 0 Å². The van der Waals surface area contributed by atoms with E-state index in [1.165, 1.54) is 21.2 Å². The molecule has 0 amide bonds. The summed E-state index contributed by atoms with van der Waals surface area (Å²) >= 11 is 0. The van der Waals surface area contributed by atoms with Gasteiger partial charge in [0, 0.05) is 10.6 Å². The molecule has 0 bridgehead atoms. The van der Waals surface area contributed by atoms with Gasteiger partial charge in [0.15, 0.2) is 0 Å². The maximum Gasteiger partial charge on any atom is 0.00128 e. The van der Waals surface area contributed by atoms with E-state index >= 15 is 0 Å². The molecule has 0 saturated heterocycles. The molecule has 0 saturated carbocycles. The Hall–Kier alpha value is -2.13. The summed E-state index contributed by atoms with van der Waals surface area (Å²) in [6.07, 6.45) is 0. The number of hydrogen-bond donors (Lipinski definition) is 0. The molecule has 4 aromatic rings. The second-order valence-corrected chi connectivity index (χ2v) is 11.9. The largest absolute Gasteiger partial charge is 0.394 e. The van der Waals surface area contributed by atoms with Crippen LogP contribution in [0.1, 0.15) is 0 Å². The van der Waals surface area contributed by atoms with Gasteiger partial charge in [-0.25, -0.2) is 7.80 Å². The normalized spacial score (nSPS) is 11.5. The number of hydrogen-bond acceptors (Lipinski definition) is 0. The van der Waals surface area contributed by atoms with Crippen molar-refractivity contribution in [2.45, 2.75) is 0 Å². The average Bonchev–Trinajstić information content (AvgIpc) is 2.80. The van der Waals surface area contributed by atoms with Crippen molar-refractivity contribution in [2.24, 2.45) is 0 Å². The van der Waals surface area contributed by atoms with Gasteiger partial charge in [-0.1, -0.05) is 114 Å². The lowest BCUT2D eigenvalue weighted by atomic mass is 10.4. The fraction of sp³-hybridized carbons (Fsp3) is 0. The summed E-state index contributed by atoms with van der Waals surface area (Å²) in [6.45, 7) is 2.46. The Balaban J connectivity index is 1.84. The fourth-order valence-electron chi connectivity index (χ4n) is 3.27. The van der Waals surface area contributed by atoms with Crippen LogP contribution in [-0.4, -0.2) is 14.3 Å². The zero-order valence-corrected chi connectivity index (χ0v) is 17.4. The van der Waals surface area contributed by atoms with Crippen LogP contribution in [0, 0.1) is 0 Å². The first-order chi connectivity index (χ1) is 13.8. The van der Waals surface area contributed by atoms with E-state index in [-0.39, 0.29) is 0 Å². The van der Waals surface area contributed by atoms with Crippen molar-refractivity contribution in [2.75, 3.05) is 0 Å². The van der Waals surface area contributed by atoms with Crippen LogP contribution in [0.5, 0.6) is 0 Å². The maximum atomic E-state index is 7.29. The van der Waals surface area contributed by atoms with Crippen LogP contribution in [0.4, 0.5) is 0 Å². The van der Waals surface area contributed by atoms with Gasteiger partial charge in [0.2, 0.25) is 0 Å². The standard InChI is InChI=1S/C24H20B2P2/c25-28(23-17-9-3-10-18-23,24-19-11-4-12-20-24)26-27(21-13-5-1-6-14-21)22-15-7-2-8-16-22/h1-20H/q-1. The zero-order valence-electron chi connectivity index (χ0n) is 15.6. The highest BCUT2D eigenvalue weighted by molar-refractivity contribution is 8.40. The molecule has 0 heterocycles. The second-order valence-electron chi connectivity index (χ2n) is 6.60. The summed E-state index contributed by atoms with van der Waals surface area (Å²) in [5, 5.41) is 5.07. The average molecular weight is 392 g/mol. The molecule has 28 heavy (non-hydrogen) atoms. The van der Waals surface area contributed by atoms with Crippen LogP contribution < -0.4 is 21.2 Å². The van der Waals surface area contributed by atoms with Gasteiger partial charge in [0.1, 0.15) is 0 Å². The minimum absolute atomic E-state index is 0.687. The molecule has 133 valence electrons.